The van der Waals surface area contributed by atoms with Crippen LogP contribution in [0.4, 0.5) is 0 Å². The molecule has 0 radical (unpaired) electrons. The summed E-state index contributed by atoms with van der Waals surface area (Å²) in [4.78, 5) is 12.0. The van der Waals surface area contributed by atoms with Crippen LogP contribution in [-0.2, 0) is 21.1 Å². The molecular weight excluding hydrogens is 274 g/mol. The molecule has 0 spiro atoms. The quantitative estimate of drug-likeness (QED) is 0.818. The second kappa shape index (κ2) is 6.70. The molecule has 110 valence electrons. The zero-order valence-electron chi connectivity index (χ0n) is 12.1. The van der Waals surface area contributed by atoms with E-state index in [0.717, 1.165) is 5.56 Å². The number of carbonyl (C=O) groups excluding carboxylic acids is 1. The minimum absolute atomic E-state index is 0.0805. The van der Waals surface area contributed by atoms with Crippen LogP contribution in [0.1, 0.15) is 26.3 Å². The van der Waals surface area contributed by atoms with Gasteiger partial charge in [0.25, 0.3) is 0 Å². The van der Waals surface area contributed by atoms with E-state index in [1.807, 2.05) is 6.92 Å². The topological polar surface area (TPSA) is 63.2 Å². The van der Waals surface area contributed by atoms with E-state index in [2.05, 4.69) is 11.9 Å². The molecule has 0 unspecified atom stereocenters. The smallest absolute Gasteiger partial charge is 0.224 e. The molecule has 1 aromatic rings. The van der Waals surface area contributed by atoms with Gasteiger partial charge >= 0.3 is 0 Å². The van der Waals surface area contributed by atoms with Gasteiger partial charge in [-0.05, 0) is 38.5 Å². The Morgan fingerprint density at radius 2 is 1.80 bits per heavy atom. The van der Waals surface area contributed by atoms with E-state index in [9.17, 15) is 13.2 Å². The third-order valence-electron chi connectivity index (χ3n) is 2.98. The summed E-state index contributed by atoms with van der Waals surface area (Å²) < 4.78 is 23.9. The lowest BCUT2D eigenvalue weighted by Gasteiger charge is -2.10. The summed E-state index contributed by atoms with van der Waals surface area (Å²) in [7, 11) is -3.26. The molecule has 20 heavy (non-hydrogen) atoms. The second-order valence-electron chi connectivity index (χ2n) is 5.01. The zero-order chi connectivity index (χ0) is 15.3. The minimum Gasteiger partial charge on any atom is -0.350 e. The standard InChI is InChI=1S/C15H21NO3S/c1-5-12(4)16-15(17)10-13-6-8-14(9-7-13)20(18,19)11(2)3/h5-9,11-12H,1,10H2,2-4H3,(H,16,17)/t12-/m0/s1. The molecule has 0 saturated carbocycles. The van der Waals surface area contributed by atoms with Gasteiger partial charge in [-0.3, -0.25) is 4.79 Å². The van der Waals surface area contributed by atoms with E-state index in [1.165, 1.54) is 0 Å². The van der Waals surface area contributed by atoms with Crippen LogP contribution in [-0.4, -0.2) is 25.6 Å². The van der Waals surface area contributed by atoms with Gasteiger partial charge in [0.15, 0.2) is 9.84 Å². The number of rotatable bonds is 6. The lowest BCUT2D eigenvalue weighted by molar-refractivity contribution is -0.120. The molecule has 0 aromatic heterocycles. The van der Waals surface area contributed by atoms with Gasteiger partial charge in [-0.15, -0.1) is 6.58 Å². The first-order valence-corrected chi connectivity index (χ1v) is 8.06. The van der Waals surface area contributed by atoms with E-state index in [1.54, 1.807) is 44.2 Å². The van der Waals surface area contributed by atoms with Crippen molar-refractivity contribution >= 4 is 15.7 Å². The van der Waals surface area contributed by atoms with E-state index >= 15 is 0 Å². The molecule has 0 fully saturated rings. The number of hydrogen-bond acceptors (Lipinski definition) is 3. The fourth-order valence-electron chi connectivity index (χ4n) is 1.62. The lowest BCUT2D eigenvalue weighted by Crippen LogP contribution is -2.32. The number of benzene rings is 1. The van der Waals surface area contributed by atoms with Crippen molar-refractivity contribution in [3.05, 3.63) is 42.5 Å². The Balaban J connectivity index is 2.78. The van der Waals surface area contributed by atoms with Crippen LogP contribution in [0.15, 0.2) is 41.8 Å². The van der Waals surface area contributed by atoms with Crippen LogP contribution in [0.5, 0.6) is 0 Å². The monoisotopic (exact) mass is 295 g/mol. The number of nitrogens with one attached hydrogen (secondary N) is 1. The normalized spacial score (nSPS) is 13.0. The predicted molar refractivity (Wildman–Crippen MR) is 80.3 cm³/mol. The highest BCUT2D eigenvalue weighted by atomic mass is 32.2. The average molecular weight is 295 g/mol. The molecule has 1 rings (SSSR count). The first-order valence-electron chi connectivity index (χ1n) is 6.52. The second-order valence-corrected chi connectivity index (χ2v) is 7.51. The summed E-state index contributed by atoms with van der Waals surface area (Å²) in [6, 6.07) is 6.37. The maximum absolute atomic E-state index is 12.0. The fraction of sp³-hybridized carbons (Fsp3) is 0.400. The summed E-state index contributed by atoms with van der Waals surface area (Å²) >= 11 is 0. The van der Waals surface area contributed by atoms with Gasteiger partial charge in [-0.2, -0.15) is 0 Å². The maximum Gasteiger partial charge on any atom is 0.224 e. The summed E-state index contributed by atoms with van der Waals surface area (Å²) in [5.74, 6) is -0.114. The zero-order valence-corrected chi connectivity index (χ0v) is 12.9. The minimum atomic E-state index is -3.26. The molecule has 1 amide bonds. The Labute approximate surface area is 120 Å². The SMILES string of the molecule is C=C[C@H](C)NC(=O)Cc1ccc(S(=O)(=O)C(C)C)cc1. The van der Waals surface area contributed by atoms with Crippen molar-refractivity contribution in [3.8, 4) is 0 Å². The van der Waals surface area contributed by atoms with Crippen LogP contribution in [0.3, 0.4) is 0 Å². The Morgan fingerprint density at radius 3 is 2.25 bits per heavy atom. The van der Waals surface area contributed by atoms with Gasteiger partial charge in [-0.25, -0.2) is 8.42 Å². The van der Waals surface area contributed by atoms with Crippen LogP contribution in [0, 0.1) is 0 Å². The first-order chi connectivity index (χ1) is 9.27. The third kappa shape index (κ3) is 4.20. The van der Waals surface area contributed by atoms with Crippen molar-refractivity contribution in [1.29, 1.82) is 0 Å². The summed E-state index contributed by atoms with van der Waals surface area (Å²) in [6.07, 6.45) is 1.87. The number of sulfone groups is 1. The molecule has 0 heterocycles. The maximum atomic E-state index is 12.0. The molecule has 0 saturated heterocycles. The molecule has 1 N–H and O–H groups in total. The van der Waals surface area contributed by atoms with Crippen molar-refractivity contribution in [3.63, 3.8) is 0 Å². The molecule has 5 heteroatoms. The lowest BCUT2D eigenvalue weighted by atomic mass is 10.1. The van der Waals surface area contributed by atoms with Crippen LogP contribution >= 0.6 is 0 Å². The van der Waals surface area contributed by atoms with Crippen molar-refractivity contribution in [1.82, 2.24) is 5.32 Å². The predicted octanol–water partition coefficient (Wildman–Crippen LogP) is 2.10. The van der Waals surface area contributed by atoms with E-state index < -0.39 is 15.1 Å². The van der Waals surface area contributed by atoms with E-state index in [0.29, 0.717) is 0 Å². The largest absolute Gasteiger partial charge is 0.350 e. The van der Waals surface area contributed by atoms with Crippen molar-refractivity contribution in [2.45, 2.75) is 43.4 Å². The van der Waals surface area contributed by atoms with Crippen molar-refractivity contribution < 1.29 is 13.2 Å². The Hall–Kier alpha value is -1.62. The first kappa shape index (κ1) is 16.4. The molecule has 0 aliphatic heterocycles. The number of amides is 1. The molecule has 0 aliphatic rings. The van der Waals surface area contributed by atoms with Gasteiger partial charge in [0.1, 0.15) is 0 Å². The van der Waals surface area contributed by atoms with Crippen molar-refractivity contribution in [2.24, 2.45) is 0 Å². The van der Waals surface area contributed by atoms with Crippen LogP contribution in [0.25, 0.3) is 0 Å². The molecular formula is C15H21NO3S. The molecule has 1 aromatic carbocycles. The van der Waals surface area contributed by atoms with E-state index in [4.69, 9.17) is 0 Å². The average Bonchev–Trinajstić information content (AvgIpc) is 2.38. The summed E-state index contributed by atoms with van der Waals surface area (Å²) in [5.41, 5.74) is 0.779. The Morgan fingerprint density at radius 1 is 1.25 bits per heavy atom. The molecule has 1 atom stereocenters. The van der Waals surface area contributed by atoms with Gasteiger partial charge < -0.3 is 5.32 Å². The highest BCUT2D eigenvalue weighted by Gasteiger charge is 2.18. The van der Waals surface area contributed by atoms with E-state index in [-0.39, 0.29) is 23.3 Å². The highest BCUT2D eigenvalue weighted by molar-refractivity contribution is 7.92. The van der Waals surface area contributed by atoms with Gasteiger partial charge in [0.2, 0.25) is 5.91 Å². The molecule has 0 bridgehead atoms. The summed E-state index contributed by atoms with van der Waals surface area (Å²) in [5, 5.41) is 2.31. The Bertz CT molecular complexity index is 574. The highest BCUT2D eigenvalue weighted by Crippen LogP contribution is 2.16. The van der Waals surface area contributed by atoms with Gasteiger partial charge in [-0.1, -0.05) is 18.2 Å². The summed E-state index contributed by atoms with van der Waals surface area (Å²) in [6.45, 7) is 8.72. The van der Waals surface area contributed by atoms with Crippen molar-refractivity contribution in [2.75, 3.05) is 0 Å². The van der Waals surface area contributed by atoms with Gasteiger partial charge in [0, 0.05) is 6.04 Å². The Kier molecular flexibility index (Phi) is 5.51. The number of carbonyl (C=O) groups is 1. The van der Waals surface area contributed by atoms with Crippen LogP contribution < -0.4 is 5.32 Å². The van der Waals surface area contributed by atoms with Crippen LogP contribution in [0.2, 0.25) is 0 Å². The molecule has 4 nitrogen and oxygen atoms in total. The number of hydrogen-bond donors (Lipinski definition) is 1. The molecule has 0 aliphatic carbocycles. The fourth-order valence-corrected chi connectivity index (χ4v) is 2.68. The van der Waals surface area contributed by atoms with Gasteiger partial charge in [0.05, 0.1) is 16.6 Å². The third-order valence-corrected chi connectivity index (χ3v) is 5.15.